The van der Waals surface area contributed by atoms with Crippen LogP contribution in [0.1, 0.15) is 98.3 Å². The molecule has 4 amide bonds. The quantitative estimate of drug-likeness (QED) is 0.252. The highest BCUT2D eigenvalue weighted by atomic mass is 32.1. The molecule has 0 bridgehead atoms. The van der Waals surface area contributed by atoms with Crippen molar-refractivity contribution in [2.45, 2.75) is 77.5 Å². The van der Waals surface area contributed by atoms with Crippen molar-refractivity contribution in [3.63, 3.8) is 0 Å². The highest BCUT2D eigenvalue weighted by Crippen LogP contribution is 2.32. The number of alkyl carbamates (subject to hydrolysis) is 2. The number of aromatic amines is 2. The van der Waals surface area contributed by atoms with Gasteiger partial charge in [-0.3, -0.25) is 9.59 Å². The Hall–Kier alpha value is -5.28. The zero-order chi connectivity index (χ0) is 36.7. The standard InChI is InChI=1S/C36H44N8O6S/c1-21(2)29(41-35(47)49-5)33(45)43-17-7-9-27(43)31-37-19-23(39-31)11-13-25-15-16-26(51-25)14-12-24-20-38-32(40-24)28-10-8-18-44(28)34(46)30(22(3)4)42-36(48)50-6/h15-16,19-22,27-30H,7-10,17-18H2,1-6H3,(H,37,39)(H,38,40)(H,41,47)(H,42,48)/t27-,28-,29-,30?/m0/s1. The summed E-state index contributed by atoms with van der Waals surface area (Å²) in [7, 11) is 2.55. The number of carbonyl (C=O) groups is 4. The van der Waals surface area contributed by atoms with E-state index in [2.05, 4.69) is 54.3 Å². The molecule has 2 aliphatic rings. The summed E-state index contributed by atoms with van der Waals surface area (Å²) >= 11 is 1.46. The molecule has 0 radical (unpaired) electrons. The van der Waals surface area contributed by atoms with Crippen LogP contribution in [0, 0.1) is 35.5 Å². The average Bonchev–Trinajstić information content (AvgIpc) is 3.96. The molecule has 4 atom stereocenters. The number of nitrogens with zero attached hydrogens (tertiary/aromatic N) is 4. The van der Waals surface area contributed by atoms with Crippen LogP contribution in [0.4, 0.5) is 9.59 Å². The van der Waals surface area contributed by atoms with Crippen molar-refractivity contribution >= 4 is 35.3 Å². The lowest BCUT2D eigenvalue weighted by Gasteiger charge is -2.29. The first-order valence-corrected chi connectivity index (χ1v) is 17.8. The van der Waals surface area contributed by atoms with E-state index in [-0.39, 0.29) is 35.7 Å². The normalized spacial score (nSPS) is 18.0. The van der Waals surface area contributed by atoms with Crippen LogP contribution in [-0.2, 0) is 19.1 Å². The number of thiophene rings is 1. The van der Waals surface area contributed by atoms with Gasteiger partial charge in [0.1, 0.15) is 35.1 Å². The Labute approximate surface area is 301 Å². The van der Waals surface area contributed by atoms with Gasteiger partial charge in [0.2, 0.25) is 11.8 Å². The fraction of sp³-hybridized carbons (Fsp3) is 0.500. The van der Waals surface area contributed by atoms with Crippen LogP contribution >= 0.6 is 11.3 Å². The second kappa shape index (κ2) is 16.6. The zero-order valence-corrected chi connectivity index (χ0v) is 30.5. The lowest BCUT2D eigenvalue weighted by Crippen LogP contribution is -2.51. The zero-order valence-electron chi connectivity index (χ0n) is 29.7. The number of imidazole rings is 2. The third-order valence-electron chi connectivity index (χ3n) is 8.92. The summed E-state index contributed by atoms with van der Waals surface area (Å²) in [5.41, 5.74) is 1.26. The first-order chi connectivity index (χ1) is 24.5. The molecule has 2 aliphatic heterocycles. The molecule has 0 saturated carbocycles. The number of carbonyl (C=O) groups excluding carboxylic acids is 4. The topological polar surface area (TPSA) is 175 Å². The predicted octanol–water partition coefficient (Wildman–Crippen LogP) is 4.08. The number of hydrogen-bond acceptors (Lipinski definition) is 9. The van der Waals surface area contributed by atoms with Gasteiger partial charge in [0, 0.05) is 13.1 Å². The minimum Gasteiger partial charge on any atom is -0.453 e. The highest BCUT2D eigenvalue weighted by Gasteiger charge is 2.38. The van der Waals surface area contributed by atoms with E-state index in [0.29, 0.717) is 36.1 Å². The van der Waals surface area contributed by atoms with Gasteiger partial charge in [-0.15, -0.1) is 11.3 Å². The van der Waals surface area contributed by atoms with E-state index >= 15 is 0 Å². The third-order valence-corrected chi connectivity index (χ3v) is 9.84. The van der Waals surface area contributed by atoms with Crippen LogP contribution in [0.2, 0.25) is 0 Å². The minimum absolute atomic E-state index is 0.116. The Bertz CT molecular complexity index is 1730. The van der Waals surface area contributed by atoms with Crippen molar-refractivity contribution in [2.24, 2.45) is 11.8 Å². The Morgan fingerprint density at radius 1 is 0.745 bits per heavy atom. The second-order valence-corrected chi connectivity index (χ2v) is 14.2. The van der Waals surface area contributed by atoms with Crippen LogP contribution in [0.5, 0.6) is 0 Å². The Balaban J connectivity index is 1.21. The van der Waals surface area contributed by atoms with Crippen LogP contribution in [0.3, 0.4) is 0 Å². The van der Waals surface area contributed by atoms with E-state index in [4.69, 9.17) is 9.47 Å². The summed E-state index contributed by atoms with van der Waals surface area (Å²) in [5.74, 6) is 13.3. The molecule has 5 heterocycles. The van der Waals surface area contributed by atoms with E-state index < -0.39 is 24.3 Å². The molecule has 2 fully saturated rings. The van der Waals surface area contributed by atoms with Gasteiger partial charge in [0.15, 0.2) is 0 Å². The lowest BCUT2D eigenvalue weighted by molar-refractivity contribution is -0.136. The van der Waals surface area contributed by atoms with Gasteiger partial charge in [-0.2, -0.15) is 0 Å². The van der Waals surface area contributed by atoms with Crippen molar-refractivity contribution in [1.82, 2.24) is 40.4 Å². The van der Waals surface area contributed by atoms with Crippen molar-refractivity contribution in [2.75, 3.05) is 27.3 Å². The summed E-state index contributed by atoms with van der Waals surface area (Å²) in [6, 6.07) is 1.94. The van der Waals surface area contributed by atoms with E-state index in [1.165, 1.54) is 25.6 Å². The first-order valence-electron chi connectivity index (χ1n) is 17.0. The molecule has 4 N–H and O–H groups in total. The van der Waals surface area contributed by atoms with Crippen LogP contribution in [0.25, 0.3) is 0 Å². The predicted molar refractivity (Wildman–Crippen MR) is 189 cm³/mol. The van der Waals surface area contributed by atoms with Gasteiger partial charge in [-0.05, 0) is 73.3 Å². The SMILES string of the molecule is COC(=O)NC(C(=O)N1CCC[C@H]1c1ncc(C#Cc2ccc(C#Cc3cnc([C@@H]4CCCN4C(=O)[C@@H](NC(=O)OC)C(C)C)[nH]3)s2)[nH]1)C(C)C. The summed E-state index contributed by atoms with van der Waals surface area (Å²) in [6.07, 6.45) is 5.21. The molecule has 51 heavy (non-hydrogen) atoms. The van der Waals surface area contributed by atoms with Crippen molar-refractivity contribution < 1.29 is 28.7 Å². The summed E-state index contributed by atoms with van der Waals surface area (Å²) in [6.45, 7) is 8.67. The lowest BCUT2D eigenvalue weighted by atomic mass is 10.0. The Morgan fingerprint density at radius 2 is 1.16 bits per heavy atom. The third kappa shape index (κ3) is 8.91. The smallest absolute Gasteiger partial charge is 0.407 e. The second-order valence-electron chi connectivity index (χ2n) is 13.1. The van der Waals surface area contributed by atoms with Crippen LogP contribution < -0.4 is 10.6 Å². The molecule has 15 heteroatoms. The fourth-order valence-electron chi connectivity index (χ4n) is 6.25. The van der Waals surface area contributed by atoms with Crippen LogP contribution in [0.15, 0.2) is 24.5 Å². The number of nitrogens with one attached hydrogen (secondary N) is 4. The minimum atomic E-state index is -0.701. The van der Waals surface area contributed by atoms with E-state index in [9.17, 15) is 19.2 Å². The molecular formula is C36H44N8O6S. The fourth-order valence-corrected chi connectivity index (χ4v) is 6.97. The van der Waals surface area contributed by atoms with Crippen LogP contribution in [-0.4, -0.2) is 93.1 Å². The van der Waals surface area contributed by atoms with E-state index in [0.717, 1.165) is 35.4 Å². The molecule has 0 aromatic carbocycles. The van der Waals surface area contributed by atoms with Crippen molar-refractivity contribution in [1.29, 1.82) is 0 Å². The molecule has 0 aliphatic carbocycles. The van der Waals surface area contributed by atoms with Gasteiger partial charge in [0.25, 0.3) is 0 Å². The van der Waals surface area contributed by atoms with Gasteiger partial charge in [-0.25, -0.2) is 19.6 Å². The van der Waals surface area contributed by atoms with E-state index in [1.807, 2.05) is 39.8 Å². The van der Waals surface area contributed by atoms with Crippen molar-refractivity contribution in [3.05, 3.63) is 57.3 Å². The number of methoxy groups -OCH3 is 2. The maximum atomic E-state index is 13.4. The number of rotatable bonds is 8. The highest BCUT2D eigenvalue weighted by molar-refractivity contribution is 7.13. The number of H-pyrrole nitrogens is 2. The molecular weight excluding hydrogens is 673 g/mol. The number of aromatic nitrogens is 4. The van der Waals surface area contributed by atoms with Gasteiger partial charge >= 0.3 is 12.2 Å². The van der Waals surface area contributed by atoms with Gasteiger partial charge < -0.3 is 39.9 Å². The maximum Gasteiger partial charge on any atom is 0.407 e. The molecule has 0 spiro atoms. The Kier molecular flexibility index (Phi) is 12.1. The maximum absolute atomic E-state index is 13.4. The monoisotopic (exact) mass is 716 g/mol. The molecule has 5 rings (SSSR count). The molecule has 3 aromatic rings. The van der Waals surface area contributed by atoms with E-state index in [1.54, 1.807) is 22.2 Å². The average molecular weight is 717 g/mol. The summed E-state index contributed by atoms with van der Waals surface area (Å²) in [5, 5.41) is 5.33. The number of amides is 4. The van der Waals surface area contributed by atoms with Gasteiger partial charge in [0.05, 0.1) is 48.5 Å². The largest absolute Gasteiger partial charge is 0.453 e. The molecule has 3 aromatic heterocycles. The number of likely N-dealkylation sites (tertiary alicyclic amines) is 2. The molecule has 14 nitrogen and oxygen atoms in total. The first kappa shape index (κ1) is 37.0. The van der Waals surface area contributed by atoms with Crippen molar-refractivity contribution in [3.8, 4) is 23.7 Å². The Morgan fingerprint density at radius 3 is 1.53 bits per heavy atom. The summed E-state index contributed by atoms with van der Waals surface area (Å²) in [4.78, 5) is 71.3. The van der Waals surface area contributed by atoms with Gasteiger partial charge in [-0.1, -0.05) is 27.7 Å². The molecule has 2 saturated heterocycles. The number of hydrogen-bond donors (Lipinski definition) is 4. The summed E-state index contributed by atoms with van der Waals surface area (Å²) < 4.78 is 9.44. The number of ether oxygens (including phenoxy) is 2. The molecule has 270 valence electrons. The molecule has 1 unspecified atom stereocenters.